The summed E-state index contributed by atoms with van der Waals surface area (Å²) in [5, 5.41) is 3.32. The average molecular weight is 448 g/mol. The van der Waals surface area contributed by atoms with Gasteiger partial charge in [0.2, 0.25) is 5.95 Å². The summed E-state index contributed by atoms with van der Waals surface area (Å²) >= 11 is 3.49. The third kappa shape index (κ3) is 3.40. The van der Waals surface area contributed by atoms with Crippen LogP contribution in [0, 0.1) is 0 Å². The van der Waals surface area contributed by atoms with Crippen molar-refractivity contribution in [3.05, 3.63) is 55.1 Å². The fourth-order valence-electron chi connectivity index (χ4n) is 3.56. The van der Waals surface area contributed by atoms with Crippen molar-refractivity contribution in [2.75, 3.05) is 18.5 Å². The molecule has 0 amide bonds. The molecule has 1 aromatic carbocycles. The second-order valence-corrected chi connectivity index (χ2v) is 7.96. The van der Waals surface area contributed by atoms with Crippen LogP contribution in [-0.2, 0) is 25.4 Å². The predicted octanol–water partition coefficient (Wildman–Crippen LogP) is 1.84. The summed E-state index contributed by atoms with van der Waals surface area (Å²) in [5.41, 5.74) is 1.04. The molecule has 1 aliphatic rings. The molecule has 0 unspecified atom stereocenters. The Bertz CT molecular complexity index is 1140. The highest BCUT2D eigenvalue weighted by Crippen LogP contribution is 2.21. The molecule has 2 aromatic heterocycles. The van der Waals surface area contributed by atoms with Crippen molar-refractivity contribution >= 4 is 33.0 Å². The summed E-state index contributed by atoms with van der Waals surface area (Å²) in [7, 11) is 3.12. The van der Waals surface area contributed by atoms with E-state index in [1.54, 1.807) is 7.05 Å². The maximum Gasteiger partial charge on any atom is 0.332 e. The lowest BCUT2D eigenvalue weighted by molar-refractivity contribution is 0.120. The lowest BCUT2D eigenvalue weighted by atomic mass is 10.2. The molecule has 0 saturated carbocycles. The molecule has 0 spiro atoms. The Labute approximate surface area is 169 Å². The van der Waals surface area contributed by atoms with Crippen LogP contribution < -0.4 is 16.6 Å². The number of aromatic nitrogens is 4. The highest BCUT2D eigenvalue weighted by Gasteiger charge is 2.21. The van der Waals surface area contributed by atoms with Crippen LogP contribution in [0.3, 0.4) is 0 Å². The fraction of sp³-hybridized carbons (Fsp3) is 0.421. The Kier molecular flexibility index (Phi) is 5.11. The van der Waals surface area contributed by atoms with Gasteiger partial charge in [-0.05, 0) is 30.5 Å². The van der Waals surface area contributed by atoms with Gasteiger partial charge in [-0.1, -0.05) is 28.1 Å². The van der Waals surface area contributed by atoms with Gasteiger partial charge in [0.05, 0.1) is 12.6 Å². The van der Waals surface area contributed by atoms with Crippen LogP contribution >= 0.6 is 15.9 Å². The number of anilines is 1. The lowest BCUT2D eigenvalue weighted by Gasteiger charge is -2.14. The molecule has 8 nitrogen and oxygen atoms in total. The largest absolute Gasteiger partial charge is 0.376 e. The van der Waals surface area contributed by atoms with Gasteiger partial charge in [0, 0.05) is 31.7 Å². The Morgan fingerprint density at radius 3 is 2.82 bits per heavy atom. The van der Waals surface area contributed by atoms with Crippen LogP contribution in [0.4, 0.5) is 5.95 Å². The van der Waals surface area contributed by atoms with E-state index in [-0.39, 0.29) is 11.7 Å². The van der Waals surface area contributed by atoms with Gasteiger partial charge in [0.15, 0.2) is 11.2 Å². The molecule has 0 bridgehead atoms. The number of nitrogens with zero attached hydrogens (tertiary/aromatic N) is 4. The Hall–Kier alpha value is -2.39. The normalized spacial score (nSPS) is 16.8. The van der Waals surface area contributed by atoms with Gasteiger partial charge in [0.25, 0.3) is 5.56 Å². The summed E-state index contributed by atoms with van der Waals surface area (Å²) in [5.74, 6) is 0.559. The van der Waals surface area contributed by atoms with Crippen LogP contribution in [0.25, 0.3) is 11.2 Å². The Morgan fingerprint density at radius 2 is 2.11 bits per heavy atom. The van der Waals surface area contributed by atoms with Gasteiger partial charge in [0.1, 0.15) is 0 Å². The van der Waals surface area contributed by atoms with Gasteiger partial charge in [-0.2, -0.15) is 4.98 Å². The molecule has 28 heavy (non-hydrogen) atoms. The Morgan fingerprint density at radius 1 is 1.29 bits per heavy atom. The number of imidazole rings is 1. The van der Waals surface area contributed by atoms with Crippen molar-refractivity contribution in [3.63, 3.8) is 0 Å². The summed E-state index contributed by atoms with van der Waals surface area (Å²) in [6, 6.07) is 7.90. The third-order valence-corrected chi connectivity index (χ3v) is 5.58. The van der Waals surface area contributed by atoms with Crippen molar-refractivity contribution in [3.8, 4) is 0 Å². The molecular formula is C19H22BrN5O3. The number of fused-ring (bicyclic) bond motifs is 1. The molecule has 1 aliphatic heterocycles. The van der Waals surface area contributed by atoms with Gasteiger partial charge in [-0.15, -0.1) is 0 Å². The first kappa shape index (κ1) is 18.9. The van der Waals surface area contributed by atoms with Crippen LogP contribution in [0.1, 0.15) is 18.4 Å². The number of hydrogen-bond acceptors (Lipinski definition) is 5. The monoisotopic (exact) mass is 447 g/mol. The quantitative estimate of drug-likeness (QED) is 0.644. The number of ether oxygens (including phenoxy) is 1. The van der Waals surface area contributed by atoms with Gasteiger partial charge < -0.3 is 10.1 Å². The molecule has 3 heterocycles. The molecular weight excluding hydrogens is 426 g/mol. The van der Waals surface area contributed by atoms with Crippen molar-refractivity contribution in [2.45, 2.75) is 25.5 Å². The smallest absolute Gasteiger partial charge is 0.332 e. The van der Waals surface area contributed by atoms with Crippen LogP contribution in [0.5, 0.6) is 0 Å². The number of nitrogens with one attached hydrogen (secondary N) is 1. The van der Waals surface area contributed by atoms with Crippen molar-refractivity contribution in [1.82, 2.24) is 18.7 Å². The van der Waals surface area contributed by atoms with Crippen molar-refractivity contribution < 1.29 is 4.74 Å². The van der Waals surface area contributed by atoms with Crippen molar-refractivity contribution in [2.24, 2.45) is 14.1 Å². The summed E-state index contributed by atoms with van der Waals surface area (Å²) in [6.07, 6.45) is 2.18. The molecule has 0 radical (unpaired) electrons. The first-order chi connectivity index (χ1) is 13.5. The zero-order valence-corrected chi connectivity index (χ0v) is 17.4. The van der Waals surface area contributed by atoms with E-state index in [9.17, 15) is 9.59 Å². The fourth-order valence-corrected chi connectivity index (χ4v) is 4.01. The topological polar surface area (TPSA) is 83.1 Å². The molecule has 1 fully saturated rings. The molecule has 1 saturated heterocycles. The van der Waals surface area contributed by atoms with E-state index < -0.39 is 5.69 Å². The number of hydrogen-bond donors (Lipinski definition) is 1. The summed E-state index contributed by atoms with van der Waals surface area (Å²) in [6.45, 7) is 1.84. The van der Waals surface area contributed by atoms with Gasteiger partial charge in [-0.25, -0.2) is 4.79 Å². The molecule has 148 valence electrons. The minimum absolute atomic E-state index is 0.130. The molecule has 3 aromatic rings. The van der Waals surface area contributed by atoms with E-state index >= 15 is 0 Å². The lowest BCUT2D eigenvalue weighted by Crippen LogP contribution is -2.37. The standard InChI is InChI=1S/C19H22BrN5O3/c1-23-16-15(17(26)24(2)19(23)27)25(11-12-5-3-6-13(20)9-12)18(22-16)21-10-14-7-4-8-28-14/h3,5-6,9,14H,4,7-8,10-11H2,1-2H3,(H,21,22)/t14-/m1/s1. The highest BCUT2D eigenvalue weighted by molar-refractivity contribution is 9.10. The Balaban J connectivity index is 1.83. The molecule has 9 heteroatoms. The molecule has 1 atom stereocenters. The number of benzene rings is 1. The van der Waals surface area contributed by atoms with Crippen LogP contribution in [-0.4, -0.2) is 37.9 Å². The first-order valence-corrected chi connectivity index (χ1v) is 10.0. The van der Waals surface area contributed by atoms with Crippen LogP contribution in [0.2, 0.25) is 0 Å². The van der Waals surface area contributed by atoms with Crippen LogP contribution in [0.15, 0.2) is 38.3 Å². The van der Waals surface area contributed by atoms with E-state index in [1.807, 2.05) is 28.8 Å². The van der Waals surface area contributed by atoms with E-state index in [0.717, 1.165) is 34.1 Å². The summed E-state index contributed by atoms with van der Waals surface area (Å²) in [4.78, 5) is 29.8. The molecule has 0 aliphatic carbocycles. The minimum Gasteiger partial charge on any atom is -0.376 e. The maximum atomic E-state index is 12.9. The SMILES string of the molecule is Cn1c(=O)c2c(nc(NC[C@H]3CCCO3)n2Cc2cccc(Br)c2)n(C)c1=O. The molecule has 1 N–H and O–H groups in total. The number of rotatable bonds is 5. The van der Waals surface area contributed by atoms with E-state index in [4.69, 9.17) is 4.74 Å². The highest BCUT2D eigenvalue weighted by atomic mass is 79.9. The zero-order valence-electron chi connectivity index (χ0n) is 15.8. The second-order valence-electron chi connectivity index (χ2n) is 7.05. The van der Waals surface area contributed by atoms with Gasteiger partial charge in [-0.3, -0.25) is 18.5 Å². The number of halogens is 1. The average Bonchev–Trinajstić information content (AvgIpc) is 3.31. The first-order valence-electron chi connectivity index (χ1n) is 9.22. The third-order valence-electron chi connectivity index (χ3n) is 5.09. The second kappa shape index (κ2) is 7.56. The van der Waals surface area contributed by atoms with E-state index in [0.29, 0.717) is 30.2 Å². The number of aryl methyl sites for hydroxylation is 1. The summed E-state index contributed by atoms with van der Waals surface area (Å²) < 4.78 is 11.0. The minimum atomic E-state index is -0.393. The van der Waals surface area contributed by atoms with E-state index in [1.165, 1.54) is 11.6 Å². The maximum absolute atomic E-state index is 12.9. The van der Waals surface area contributed by atoms with Crippen molar-refractivity contribution in [1.29, 1.82) is 0 Å². The predicted molar refractivity (Wildman–Crippen MR) is 111 cm³/mol. The molecule has 4 rings (SSSR count). The van der Waals surface area contributed by atoms with Gasteiger partial charge >= 0.3 is 5.69 Å². The van der Waals surface area contributed by atoms with E-state index in [2.05, 4.69) is 26.2 Å². The zero-order chi connectivity index (χ0) is 19.8.